The minimum atomic E-state index is -1.13. The van der Waals surface area contributed by atoms with Crippen LogP contribution in [-0.4, -0.2) is 32.7 Å². The monoisotopic (exact) mass is 292 g/mol. The van der Waals surface area contributed by atoms with Crippen LogP contribution in [0.3, 0.4) is 0 Å². The van der Waals surface area contributed by atoms with Gasteiger partial charge in [0.1, 0.15) is 18.4 Å². The molecule has 2 rings (SSSR count). The number of aromatic carboxylic acids is 1. The topological polar surface area (TPSA) is 101 Å². The lowest BCUT2D eigenvalue weighted by Gasteiger charge is -2.06. The van der Waals surface area contributed by atoms with E-state index in [4.69, 9.17) is 26.7 Å². The zero-order chi connectivity index (χ0) is 14.5. The summed E-state index contributed by atoms with van der Waals surface area (Å²) in [4.78, 5) is 10.6. The Labute approximate surface area is 119 Å². The van der Waals surface area contributed by atoms with Gasteiger partial charge in [-0.3, -0.25) is 0 Å². The summed E-state index contributed by atoms with van der Waals surface area (Å²) in [5, 5.41) is 24.9. The molecule has 0 aliphatic rings. The number of nitriles is 1. The van der Waals surface area contributed by atoms with E-state index in [2.05, 4.69) is 10.3 Å². The van der Waals surface area contributed by atoms with Crippen LogP contribution in [0, 0.1) is 11.3 Å². The van der Waals surface area contributed by atoms with E-state index < -0.39 is 5.97 Å². The Hall–Kier alpha value is -2.59. The molecular formula is C12H9ClN4O3. The molecule has 0 unspecified atom stereocenters. The van der Waals surface area contributed by atoms with Crippen LogP contribution in [-0.2, 0) is 6.54 Å². The normalized spacial score (nSPS) is 10.0. The molecule has 0 aliphatic heterocycles. The number of aromatic nitrogens is 3. The summed E-state index contributed by atoms with van der Waals surface area (Å²) in [5.41, 5.74) is 0.257. The molecule has 0 aliphatic carbocycles. The van der Waals surface area contributed by atoms with Gasteiger partial charge in [-0.2, -0.15) is 5.26 Å². The van der Waals surface area contributed by atoms with Crippen LogP contribution in [0.1, 0.15) is 16.1 Å². The van der Waals surface area contributed by atoms with Crippen LogP contribution in [0.15, 0.2) is 24.4 Å². The number of carboxylic acid groups (broad SMARTS) is 1. The first-order valence-corrected chi connectivity index (χ1v) is 5.94. The number of carboxylic acids is 1. The quantitative estimate of drug-likeness (QED) is 0.898. The van der Waals surface area contributed by atoms with Gasteiger partial charge >= 0.3 is 5.97 Å². The highest BCUT2D eigenvalue weighted by atomic mass is 35.5. The smallest absolute Gasteiger partial charge is 0.358 e. The molecular weight excluding hydrogens is 284 g/mol. The zero-order valence-electron chi connectivity index (χ0n) is 10.2. The molecule has 8 heteroatoms. The minimum absolute atomic E-state index is 0.119. The Morgan fingerprint density at radius 3 is 2.95 bits per heavy atom. The van der Waals surface area contributed by atoms with E-state index in [0.29, 0.717) is 22.9 Å². The molecule has 1 aromatic carbocycles. The van der Waals surface area contributed by atoms with Crippen LogP contribution in [0.25, 0.3) is 0 Å². The van der Waals surface area contributed by atoms with E-state index in [0.717, 1.165) is 0 Å². The van der Waals surface area contributed by atoms with Crippen molar-refractivity contribution in [2.75, 3.05) is 6.61 Å². The predicted octanol–water partition coefficient (Wildman–Crippen LogP) is 1.58. The van der Waals surface area contributed by atoms with Crippen molar-refractivity contribution >= 4 is 17.6 Å². The van der Waals surface area contributed by atoms with Crippen LogP contribution in [0.2, 0.25) is 5.02 Å². The summed E-state index contributed by atoms with van der Waals surface area (Å²) >= 11 is 5.87. The van der Waals surface area contributed by atoms with E-state index >= 15 is 0 Å². The van der Waals surface area contributed by atoms with Crippen LogP contribution in [0.5, 0.6) is 5.75 Å². The van der Waals surface area contributed by atoms with Crippen molar-refractivity contribution < 1.29 is 14.6 Å². The molecule has 0 saturated heterocycles. The number of halogens is 1. The molecule has 1 N–H and O–H groups in total. The molecule has 2 aromatic rings. The maximum absolute atomic E-state index is 10.6. The highest BCUT2D eigenvalue weighted by molar-refractivity contribution is 6.31. The third-order valence-electron chi connectivity index (χ3n) is 2.41. The summed E-state index contributed by atoms with van der Waals surface area (Å²) in [6, 6.07) is 6.70. The fraction of sp³-hybridized carbons (Fsp3) is 0.167. The van der Waals surface area contributed by atoms with Crippen molar-refractivity contribution in [2.45, 2.75) is 6.54 Å². The maximum atomic E-state index is 10.6. The lowest BCUT2D eigenvalue weighted by atomic mass is 10.2. The van der Waals surface area contributed by atoms with Gasteiger partial charge in [-0.05, 0) is 12.1 Å². The van der Waals surface area contributed by atoms with Gasteiger partial charge in [0.05, 0.1) is 23.3 Å². The Kier molecular flexibility index (Phi) is 4.17. The molecule has 0 amide bonds. The molecule has 7 nitrogen and oxygen atoms in total. The van der Waals surface area contributed by atoms with Crippen LogP contribution >= 0.6 is 11.6 Å². The summed E-state index contributed by atoms with van der Waals surface area (Å²) in [6.45, 7) is 0.614. The molecule has 20 heavy (non-hydrogen) atoms. The molecule has 1 aromatic heterocycles. The highest BCUT2D eigenvalue weighted by Crippen LogP contribution is 2.21. The first-order valence-electron chi connectivity index (χ1n) is 5.56. The molecule has 0 fully saturated rings. The summed E-state index contributed by atoms with van der Waals surface area (Å²) in [7, 11) is 0. The summed E-state index contributed by atoms with van der Waals surface area (Å²) in [6.07, 6.45) is 1.32. The Morgan fingerprint density at radius 2 is 2.35 bits per heavy atom. The fourth-order valence-electron chi connectivity index (χ4n) is 1.44. The average Bonchev–Trinajstić information content (AvgIpc) is 2.88. The van der Waals surface area contributed by atoms with Gasteiger partial charge in [-0.15, -0.1) is 5.10 Å². The van der Waals surface area contributed by atoms with Gasteiger partial charge < -0.3 is 9.84 Å². The lowest BCUT2D eigenvalue weighted by Crippen LogP contribution is -2.08. The maximum Gasteiger partial charge on any atom is 0.358 e. The van der Waals surface area contributed by atoms with E-state index in [1.165, 1.54) is 10.9 Å². The Morgan fingerprint density at radius 1 is 1.55 bits per heavy atom. The second-order valence-electron chi connectivity index (χ2n) is 3.77. The number of benzene rings is 1. The predicted molar refractivity (Wildman–Crippen MR) is 68.6 cm³/mol. The van der Waals surface area contributed by atoms with Crippen molar-refractivity contribution in [1.82, 2.24) is 15.0 Å². The molecule has 0 atom stereocenters. The third kappa shape index (κ3) is 3.24. The molecule has 0 saturated carbocycles. The first kappa shape index (κ1) is 13.8. The van der Waals surface area contributed by atoms with Gasteiger partial charge in [0.25, 0.3) is 0 Å². The van der Waals surface area contributed by atoms with E-state index in [1.807, 2.05) is 6.07 Å². The van der Waals surface area contributed by atoms with E-state index in [1.54, 1.807) is 18.2 Å². The molecule has 0 bridgehead atoms. The van der Waals surface area contributed by atoms with Gasteiger partial charge in [0, 0.05) is 6.07 Å². The summed E-state index contributed by atoms with van der Waals surface area (Å²) in [5.74, 6) is -0.608. The van der Waals surface area contributed by atoms with Crippen molar-refractivity contribution in [1.29, 1.82) is 5.26 Å². The second-order valence-corrected chi connectivity index (χ2v) is 4.18. The zero-order valence-corrected chi connectivity index (χ0v) is 10.9. The van der Waals surface area contributed by atoms with Gasteiger partial charge in [-0.1, -0.05) is 16.8 Å². The number of nitrogens with zero attached hydrogens (tertiary/aromatic N) is 4. The van der Waals surface area contributed by atoms with E-state index in [-0.39, 0.29) is 12.3 Å². The Balaban J connectivity index is 1.91. The minimum Gasteiger partial charge on any atom is -0.492 e. The number of carbonyl (C=O) groups is 1. The van der Waals surface area contributed by atoms with Crippen molar-refractivity contribution in [2.24, 2.45) is 0 Å². The third-order valence-corrected chi connectivity index (χ3v) is 2.72. The fourth-order valence-corrected chi connectivity index (χ4v) is 1.65. The molecule has 102 valence electrons. The van der Waals surface area contributed by atoms with Gasteiger partial charge in [0.2, 0.25) is 0 Å². The van der Waals surface area contributed by atoms with Crippen molar-refractivity contribution in [3.8, 4) is 11.8 Å². The standard InChI is InChI=1S/C12H9ClN4O3/c13-10-5-9(2-1-8(10)6-14)20-4-3-17-7-11(12(18)19)15-16-17/h1-2,5,7H,3-4H2,(H,18,19). The number of rotatable bonds is 5. The largest absolute Gasteiger partial charge is 0.492 e. The first-order chi connectivity index (χ1) is 9.60. The molecule has 1 heterocycles. The van der Waals surface area contributed by atoms with Crippen molar-refractivity contribution in [3.05, 3.63) is 40.7 Å². The lowest BCUT2D eigenvalue weighted by molar-refractivity contribution is 0.0690. The number of ether oxygens (including phenoxy) is 1. The molecule has 0 radical (unpaired) electrons. The van der Waals surface area contributed by atoms with Crippen LogP contribution < -0.4 is 4.74 Å². The van der Waals surface area contributed by atoms with Gasteiger partial charge in [-0.25, -0.2) is 9.48 Å². The number of hydrogen-bond acceptors (Lipinski definition) is 5. The number of hydrogen-bond donors (Lipinski definition) is 1. The molecule has 0 spiro atoms. The SMILES string of the molecule is N#Cc1ccc(OCCn2cc(C(=O)O)nn2)cc1Cl. The second kappa shape index (κ2) is 6.04. The Bertz CT molecular complexity index is 678. The highest BCUT2D eigenvalue weighted by Gasteiger charge is 2.08. The summed E-state index contributed by atoms with van der Waals surface area (Å²) < 4.78 is 6.80. The van der Waals surface area contributed by atoms with E-state index in [9.17, 15) is 4.79 Å². The average molecular weight is 293 g/mol. The van der Waals surface area contributed by atoms with Crippen molar-refractivity contribution in [3.63, 3.8) is 0 Å². The van der Waals surface area contributed by atoms with Gasteiger partial charge in [0.15, 0.2) is 5.69 Å². The van der Waals surface area contributed by atoms with Crippen LogP contribution in [0.4, 0.5) is 0 Å².